The SMILES string of the molecule is CC12C=CC=CC1N(c1cccc(C3N=C(c4ccccc4)NC(c4ccccc4)N3)c1)c1ccc(-n3c4ccccc4c4ccccc43)cc12. The van der Waals surface area contributed by atoms with Crippen LogP contribution in [-0.4, -0.2) is 16.4 Å². The van der Waals surface area contributed by atoms with Crippen molar-refractivity contribution in [2.45, 2.75) is 30.7 Å². The van der Waals surface area contributed by atoms with Crippen molar-refractivity contribution in [2.24, 2.45) is 4.99 Å². The van der Waals surface area contributed by atoms with Gasteiger partial charge in [0.1, 0.15) is 18.2 Å². The average Bonchev–Trinajstić information content (AvgIpc) is 3.67. The number of hydrogen-bond acceptors (Lipinski definition) is 4. The topological polar surface area (TPSA) is 44.6 Å². The predicted molar refractivity (Wildman–Crippen MR) is 210 cm³/mol. The zero-order valence-electron chi connectivity index (χ0n) is 28.3. The molecule has 4 atom stereocenters. The minimum absolute atomic E-state index is 0.0888. The van der Waals surface area contributed by atoms with Gasteiger partial charge < -0.3 is 14.8 Å². The van der Waals surface area contributed by atoms with Gasteiger partial charge in [-0.15, -0.1) is 0 Å². The molecular weight excluding hydrogens is 623 g/mol. The van der Waals surface area contributed by atoms with Crippen LogP contribution in [0.25, 0.3) is 27.5 Å². The lowest BCUT2D eigenvalue weighted by Crippen LogP contribution is -2.45. The molecule has 4 unspecified atom stereocenters. The highest BCUT2D eigenvalue weighted by Crippen LogP contribution is 2.52. The van der Waals surface area contributed by atoms with E-state index in [2.05, 4.69) is 197 Å². The standard InChI is InChI=1S/C46H37N5/c1-46-28-13-12-25-42(46)51(41-27-26-35(30-38(41)46)50-39-23-10-8-21-36(39)37-22-9-11-24-40(37)50)34-20-14-19-33(29-34)45-48-43(31-15-4-2-5-16-31)47-44(49-45)32-17-6-3-7-18-32/h2-30,42-43,45,48H,1H3,(H,47,49). The minimum Gasteiger partial charge on any atom is -0.350 e. The molecule has 10 rings (SSSR count). The number of benzene rings is 6. The average molecular weight is 660 g/mol. The van der Waals surface area contributed by atoms with Crippen molar-refractivity contribution in [1.82, 2.24) is 15.2 Å². The summed E-state index contributed by atoms with van der Waals surface area (Å²) in [6, 6.07) is 54.5. The second kappa shape index (κ2) is 11.7. The van der Waals surface area contributed by atoms with Crippen molar-refractivity contribution < 1.29 is 0 Å². The van der Waals surface area contributed by atoms with E-state index < -0.39 is 0 Å². The first kappa shape index (κ1) is 29.7. The van der Waals surface area contributed by atoms with Crippen LogP contribution in [0.1, 0.15) is 41.5 Å². The van der Waals surface area contributed by atoms with Crippen molar-refractivity contribution in [1.29, 1.82) is 0 Å². The smallest absolute Gasteiger partial charge is 0.131 e. The van der Waals surface area contributed by atoms with Crippen LogP contribution in [0.15, 0.2) is 181 Å². The summed E-state index contributed by atoms with van der Waals surface area (Å²) >= 11 is 0. The van der Waals surface area contributed by atoms with Crippen LogP contribution in [0.4, 0.5) is 11.4 Å². The van der Waals surface area contributed by atoms with Crippen LogP contribution < -0.4 is 15.5 Å². The van der Waals surface area contributed by atoms with E-state index in [1.165, 1.54) is 44.3 Å². The number of para-hydroxylation sites is 2. The summed E-state index contributed by atoms with van der Waals surface area (Å²) < 4.78 is 2.42. The van der Waals surface area contributed by atoms with Crippen molar-refractivity contribution in [3.63, 3.8) is 0 Å². The van der Waals surface area contributed by atoms with Gasteiger partial charge in [-0.25, -0.2) is 4.99 Å². The molecule has 0 bridgehead atoms. The summed E-state index contributed by atoms with van der Waals surface area (Å²) in [4.78, 5) is 7.76. The molecule has 2 aliphatic heterocycles. The van der Waals surface area contributed by atoms with Gasteiger partial charge in [-0.05, 0) is 66.1 Å². The number of aromatic nitrogens is 1. The van der Waals surface area contributed by atoms with Crippen molar-refractivity contribution in [2.75, 3.05) is 4.90 Å². The second-order valence-electron chi connectivity index (χ2n) is 13.9. The molecule has 1 aromatic heterocycles. The van der Waals surface area contributed by atoms with Crippen LogP contribution in [0.2, 0.25) is 0 Å². The molecule has 51 heavy (non-hydrogen) atoms. The number of fused-ring (bicyclic) bond motifs is 6. The first-order valence-corrected chi connectivity index (χ1v) is 17.7. The number of anilines is 2. The van der Waals surface area contributed by atoms with Gasteiger partial charge in [0, 0.05) is 38.8 Å². The molecule has 7 aromatic rings. The summed E-state index contributed by atoms with van der Waals surface area (Å²) in [5, 5.41) is 10.0. The molecule has 3 heterocycles. The number of aliphatic imine (C=N–C) groups is 1. The van der Waals surface area contributed by atoms with Crippen LogP contribution in [0, 0.1) is 0 Å². The highest BCUT2D eigenvalue weighted by molar-refractivity contribution is 6.09. The quantitative estimate of drug-likeness (QED) is 0.193. The molecule has 6 aromatic carbocycles. The van der Waals surface area contributed by atoms with Gasteiger partial charge in [0.15, 0.2) is 0 Å². The summed E-state index contributed by atoms with van der Waals surface area (Å²) in [6.45, 7) is 2.38. The molecule has 1 aliphatic carbocycles. The van der Waals surface area contributed by atoms with E-state index >= 15 is 0 Å². The molecule has 0 amide bonds. The fraction of sp³-hybridized carbons (Fsp3) is 0.109. The first-order chi connectivity index (χ1) is 25.2. The fourth-order valence-corrected chi connectivity index (χ4v) is 8.42. The fourth-order valence-electron chi connectivity index (χ4n) is 8.42. The lowest BCUT2D eigenvalue weighted by Gasteiger charge is -2.35. The van der Waals surface area contributed by atoms with E-state index in [4.69, 9.17) is 4.99 Å². The van der Waals surface area contributed by atoms with Gasteiger partial charge in [0.25, 0.3) is 0 Å². The van der Waals surface area contributed by atoms with Gasteiger partial charge in [0.2, 0.25) is 0 Å². The van der Waals surface area contributed by atoms with Crippen LogP contribution in [0.3, 0.4) is 0 Å². The lowest BCUT2D eigenvalue weighted by molar-refractivity contribution is 0.409. The molecule has 3 aliphatic rings. The molecule has 0 saturated carbocycles. The monoisotopic (exact) mass is 659 g/mol. The summed E-state index contributed by atoms with van der Waals surface area (Å²) in [7, 11) is 0. The van der Waals surface area contributed by atoms with Crippen LogP contribution >= 0.6 is 0 Å². The Morgan fingerprint density at radius 2 is 1.31 bits per heavy atom. The minimum atomic E-state index is -0.237. The molecule has 0 spiro atoms. The van der Waals surface area contributed by atoms with Crippen LogP contribution in [0.5, 0.6) is 0 Å². The first-order valence-electron chi connectivity index (χ1n) is 17.7. The molecule has 246 valence electrons. The number of nitrogens with zero attached hydrogens (tertiary/aromatic N) is 3. The zero-order valence-corrected chi connectivity index (χ0v) is 28.3. The summed E-state index contributed by atoms with van der Waals surface area (Å²) in [5.41, 5.74) is 10.5. The molecular formula is C46H37N5. The molecule has 0 radical (unpaired) electrons. The van der Waals surface area contributed by atoms with Crippen LogP contribution in [-0.2, 0) is 5.41 Å². The van der Waals surface area contributed by atoms with Gasteiger partial charge in [0.05, 0.1) is 17.1 Å². The van der Waals surface area contributed by atoms with Crippen molar-refractivity contribution >= 4 is 39.0 Å². The second-order valence-corrected chi connectivity index (χ2v) is 13.9. The Morgan fingerprint density at radius 1 is 0.627 bits per heavy atom. The van der Waals surface area contributed by atoms with E-state index in [-0.39, 0.29) is 23.8 Å². The van der Waals surface area contributed by atoms with E-state index in [1.807, 2.05) is 6.07 Å². The summed E-state index contributed by atoms with van der Waals surface area (Å²) in [5.74, 6) is 0.885. The number of hydrogen-bond donors (Lipinski definition) is 2. The molecule has 2 N–H and O–H groups in total. The maximum atomic E-state index is 5.24. The van der Waals surface area contributed by atoms with Gasteiger partial charge >= 0.3 is 0 Å². The molecule has 0 saturated heterocycles. The van der Waals surface area contributed by atoms with E-state index in [0.29, 0.717) is 0 Å². The number of rotatable bonds is 5. The number of allylic oxidation sites excluding steroid dienone is 2. The highest BCUT2D eigenvalue weighted by Gasteiger charge is 2.46. The molecule has 5 nitrogen and oxygen atoms in total. The Labute approximate surface area is 297 Å². The maximum Gasteiger partial charge on any atom is 0.131 e. The highest BCUT2D eigenvalue weighted by atomic mass is 15.3. The van der Waals surface area contributed by atoms with Gasteiger partial charge in [-0.3, -0.25) is 5.32 Å². The third-order valence-electron chi connectivity index (χ3n) is 10.9. The zero-order chi connectivity index (χ0) is 33.9. The Bertz CT molecular complexity index is 2480. The largest absolute Gasteiger partial charge is 0.350 e. The Balaban J connectivity index is 1.08. The third-order valence-corrected chi connectivity index (χ3v) is 10.9. The van der Waals surface area contributed by atoms with Gasteiger partial charge in [-0.2, -0.15) is 0 Å². The Morgan fingerprint density at radius 3 is 2.08 bits per heavy atom. The normalized spacial score (nSPS) is 22.1. The van der Waals surface area contributed by atoms with E-state index in [1.54, 1.807) is 0 Å². The summed E-state index contributed by atoms with van der Waals surface area (Å²) in [6.07, 6.45) is 8.81. The predicted octanol–water partition coefficient (Wildman–Crippen LogP) is 10.0. The van der Waals surface area contributed by atoms with E-state index in [9.17, 15) is 0 Å². The van der Waals surface area contributed by atoms with Gasteiger partial charge in [-0.1, -0.05) is 133 Å². The molecule has 0 fully saturated rings. The van der Waals surface area contributed by atoms with E-state index in [0.717, 1.165) is 22.6 Å². The maximum absolute atomic E-state index is 5.24. The number of amidine groups is 1. The third kappa shape index (κ3) is 4.77. The van der Waals surface area contributed by atoms with Crippen molar-refractivity contribution in [3.8, 4) is 5.69 Å². The Kier molecular flexibility index (Phi) is 6.83. The van der Waals surface area contributed by atoms with Crippen molar-refractivity contribution in [3.05, 3.63) is 198 Å². The molecule has 5 heteroatoms. The number of nitrogens with one attached hydrogen (secondary N) is 2. The Hall–Kier alpha value is -6.17. The lowest BCUT2D eigenvalue weighted by atomic mass is 9.76.